The van der Waals surface area contributed by atoms with Crippen LogP contribution in [-0.4, -0.2) is 18.1 Å². The molecule has 21 heavy (non-hydrogen) atoms. The second kappa shape index (κ2) is 6.72. The maximum Gasteiger partial charge on any atom is 0.0570 e. The number of pyridine rings is 1. The van der Waals surface area contributed by atoms with Crippen molar-refractivity contribution in [3.05, 3.63) is 59.9 Å². The van der Waals surface area contributed by atoms with Gasteiger partial charge in [-0.15, -0.1) is 0 Å². The van der Waals surface area contributed by atoms with Crippen molar-refractivity contribution in [2.24, 2.45) is 0 Å². The van der Waals surface area contributed by atoms with E-state index in [4.69, 9.17) is 0 Å². The highest BCUT2D eigenvalue weighted by Crippen LogP contribution is 2.20. The highest BCUT2D eigenvalue weighted by atomic mass is 15.1. The van der Waals surface area contributed by atoms with Crippen molar-refractivity contribution in [1.82, 2.24) is 10.3 Å². The number of rotatable bonds is 5. The Morgan fingerprint density at radius 2 is 1.86 bits per heavy atom. The molecule has 1 aromatic carbocycles. The van der Waals surface area contributed by atoms with Crippen LogP contribution in [0.3, 0.4) is 0 Å². The van der Waals surface area contributed by atoms with Crippen LogP contribution in [0.4, 0.5) is 5.69 Å². The van der Waals surface area contributed by atoms with E-state index in [-0.39, 0.29) is 6.04 Å². The zero-order valence-corrected chi connectivity index (χ0v) is 12.6. The Morgan fingerprint density at radius 1 is 1.10 bits per heavy atom. The largest absolute Gasteiger partial charge is 0.372 e. The summed E-state index contributed by atoms with van der Waals surface area (Å²) in [5.41, 5.74) is 3.76. The standard InChI is InChI=1S/C18H23N3/c1-15(18-6-2-3-11-19-18)20-14-16-7-9-17(10-8-16)21-12-4-5-13-21/h2-3,6-11,15,20H,4-5,12-14H2,1H3. The summed E-state index contributed by atoms with van der Waals surface area (Å²) in [6, 6.07) is 15.3. The van der Waals surface area contributed by atoms with E-state index in [1.807, 2.05) is 18.3 Å². The first-order valence-electron chi connectivity index (χ1n) is 7.81. The summed E-state index contributed by atoms with van der Waals surface area (Å²) in [4.78, 5) is 6.85. The molecule has 1 saturated heterocycles. The lowest BCUT2D eigenvalue weighted by atomic mass is 10.1. The highest BCUT2D eigenvalue weighted by molar-refractivity contribution is 5.48. The zero-order chi connectivity index (χ0) is 14.5. The van der Waals surface area contributed by atoms with Crippen molar-refractivity contribution >= 4 is 5.69 Å². The van der Waals surface area contributed by atoms with Gasteiger partial charge in [-0.2, -0.15) is 0 Å². The van der Waals surface area contributed by atoms with Crippen LogP contribution < -0.4 is 10.2 Å². The predicted octanol–water partition coefficient (Wildman–Crippen LogP) is 3.53. The third-order valence-corrected chi connectivity index (χ3v) is 4.15. The van der Waals surface area contributed by atoms with E-state index >= 15 is 0 Å². The molecule has 2 heterocycles. The molecule has 0 radical (unpaired) electrons. The van der Waals surface area contributed by atoms with E-state index in [2.05, 4.69) is 52.5 Å². The molecule has 0 spiro atoms. The van der Waals surface area contributed by atoms with Crippen LogP contribution in [0.15, 0.2) is 48.7 Å². The van der Waals surface area contributed by atoms with Crippen LogP contribution >= 0.6 is 0 Å². The molecule has 0 amide bonds. The molecule has 3 heteroatoms. The van der Waals surface area contributed by atoms with Gasteiger partial charge in [-0.3, -0.25) is 4.98 Å². The fourth-order valence-corrected chi connectivity index (χ4v) is 2.81. The molecule has 0 aliphatic carbocycles. The Labute approximate surface area is 127 Å². The molecule has 110 valence electrons. The normalized spacial score (nSPS) is 16.1. The number of benzene rings is 1. The first kappa shape index (κ1) is 14.1. The van der Waals surface area contributed by atoms with Gasteiger partial charge in [-0.05, 0) is 49.6 Å². The highest BCUT2D eigenvalue weighted by Gasteiger charge is 2.12. The zero-order valence-electron chi connectivity index (χ0n) is 12.6. The van der Waals surface area contributed by atoms with Crippen LogP contribution in [0.1, 0.15) is 37.1 Å². The Balaban J connectivity index is 1.55. The molecule has 1 aliphatic rings. The van der Waals surface area contributed by atoms with Gasteiger partial charge in [0.05, 0.1) is 5.69 Å². The third kappa shape index (κ3) is 3.61. The SMILES string of the molecule is CC(NCc1ccc(N2CCCC2)cc1)c1ccccn1. The average Bonchev–Trinajstić information content (AvgIpc) is 3.08. The number of nitrogens with one attached hydrogen (secondary N) is 1. The third-order valence-electron chi connectivity index (χ3n) is 4.15. The lowest BCUT2D eigenvalue weighted by Crippen LogP contribution is -2.19. The second-order valence-corrected chi connectivity index (χ2v) is 5.72. The maximum absolute atomic E-state index is 4.39. The lowest BCUT2D eigenvalue weighted by Gasteiger charge is -2.18. The Kier molecular flexibility index (Phi) is 4.51. The van der Waals surface area contributed by atoms with Crippen LogP contribution in [0.25, 0.3) is 0 Å². The monoisotopic (exact) mass is 281 g/mol. The van der Waals surface area contributed by atoms with Crippen molar-refractivity contribution in [3.8, 4) is 0 Å². The van der Waals surface area contributed by atoms with Gasteiger partial charge >= 0.3 is 0 Å². The Hall–Kier alpha value is -1.87. The second-order valence-electron chi connectivity index (χ2n) is 5.72. The molecule has 0 bridgehead atoms. The molecule has 1 fully saturated rings. The molecule has 3 nitrogen and oxygen atoms in total. The Bertz CT molecular complexity index is 544. The van der Waals surface area contributed by atoms with Gasteiger partial charge in [-0.25, -0.2) is 0 Å². The van der Waals surface area contributed by atoms with Crippen molar-refractivity contribution in [2.75, 3.05) is 18.0 Å². The van der Waals surface area contributed by atoms with Gasteiger partial charge in [-0.1, -0.05) is 18.2 Å². The van der Waals surface area contributed by atoms with Gasteiger partial charge in [0.15, 0.2) is 0 Å². The lowest BCUT2D eigenvalue weighted by molar-refractivity contribution is 0.561. The smallest absolute Gasteiger partial charge is 0.0570 e. The molecule has 1 atom stereocenters. The van der Waals surface area contributed by atoms with Crippen LogP contribution in [0.5, 0.6) is 0 Å². The predicted molar refractivity (Wildman–Crippen MR) is 87.4 cm³/mol. The van der Waals surface area contributed by atoms with Crippen molar-refractivity contribution in [3.63, 3.8) is 0 Å². The van der Waals surface area contributed by atoms with E-state index in [0.717, 1.165) is 12.2 Å². The summed E-state index contributed by atoms with van der Waals surface area (Å²) in [7, 11) is 0. The summed E-state index contributed by atoms with van der Waals surface area (Å²) >= 11 is 0. The van der Waals surface area contributed by atoms with E-state index in [9.17, 15) is 0 Å². The molecule has 1 N–H and O–H groups in total. The van der Waals surface area contributed by atoms with Gasteiger partial charge in [0, 0.05) is 37.6 Å². The van der Waals surface area contributed by atoms with Gasteiger partial charge < -0.3 is 10.2 Å². The first-order valence-corrected chi connectivity index (χ1v) is 7.81. The number of aromatic nitrogens is 1. The summed E-state index contributed by atoms with van der Waals surface area (Å²) in [5, 5.41) is 3.53. The molecular weight excluding hydrogens is 258 g/mol. The van der Waals surface area contributed by atoms with E-state index < -0.39 is 0 Å². The summed E-state index contributed by atoms with van der Waals surface area (Å²) in [6.45, 7) is 5.43. The molecule has 3 rings (SSSR count). The quantitative estimate of drug-likeness (QED) is 0.908. The number of hydrogen-bond donors (Lipinski definition) is 1. The van der Waals surface area contributed by atoms with Crippen LogP contribution in [0.2, 0.25) is 0 Å². The fraction of sp³-hybridized carbons (Fsp3) is 0.389. The topological polar surface area (TPSA) is 28.2 Å². The summed E-state index contributed by atoms with van der Waals surface area (Å²) in [5.74, 6) is 0. The Morgan fingerprint density at radius 3 is 2.52 bits per heavy atom. The summed E-state index contributed by atoms with van der Waals surface area (Å²) in [6.07, 6.45) is 4.49. The maximum atomic E-state index is 4.39. The van der Waals surface area contributed by atoms with E-state index in [1.165, 1.54) is 37.2 Å². The van der Waals surface area contributed by atoms with Gasteiger partial charge in [0.2, 0.25) is 0 Å². The fourth-order valence-electron chi connectivity index (χ4n) is 2.81. The average molecular weight is 281 g/mol. The molecule has 0 saturated carbocycles. The van der Waals surface area contributed by atoms with Crippen molar-refractivity contribution < 1.29 is 0 Å². The summed E-state index contributed by atoms with van der Waals surface area (Å²) < 4.78 is 0. The molecule has 2 aromatic rings. The minimum Gasteiger partial charge on any atom is -0.372 e. The molecular formula is C18H23N3. The number of hydrogen-bond acceptors (Lipinski definition) is 3. The molecule has 1 aromatic heterocycles. The van der Waals surface area contributed by atoms with E-state index in [1.54, 1.807) is 0 Å². The minimum atomic E-state index is 0.268. The number of nitrogens with zero attached hydrogens (tertiary/aromatic N) is 2. The molecule has 1 unspecified atom stereocenters. The van der Waals surface area contributed by atoms with Gasteiger partial charge in [0.25, 0.3) is 0 Å². The van der Waals surface area contributed by atoms with Gasteiger partial charge in [0.1, 0.15) is 0 Å². The van der Waals surface area contributed by atoms with Crippen molar-refractivity contribution in [2.45, 2.75) is 32.4 Å². The van der Waals surface area contributed by atoms with Crippen LogP contribution in [-0.2, 0) is 6.54 Å². The molecule has 1 aliphatic heterocycles. The minimum absolute atomic E-state index is 0.268. The van der Waals surface area contributed by atoms with E-state index in [0.29, 0.717) is 0 Å². The van der Waals surface area contributed by atoms with Crippen molar-refractivity contribution in [1.29, 1.82) is 0 Å². The number of anilines is 1. The first-order chi connectivity index (χ1) is 10.3. The van der Waals surface area contributed by atoms with Crippen LogP contribution in [0, 0.1) is 0 Å².